The van der Waals surface area contributed by atoms with Crippen molar-refractivity contribution in [3.05, 3.63) is 38.9 Å². The van der Waals surface area contributed by atoms with E-state index in [0.29, 0.717) is 6.08 Å². The number of halogens is 6. The van der Waals surface area contributed by atoms with Gasteiger partial charge in [-0.25, -0.2) is 4.79 Å². The zero-order valence-corrected chi connectivity index (χ0v) is 18.1. The molecule has 0 unspecified atom stereocenters. The summed E-state index contributed by atoms with van der Waals surface area (Å²) in [5, 5.41) is 9.09. The molecule has 1 aliphatic rings. The fourth-order valence-electron chi connectivity index (χ4n) is 3.05. The number of benzene rings is 1. The van der Waals surface area contributed by atoms with Gasteiger partial charge in [-0.15, -0.1) is 23.3 Å². The highest BCUT2D eigenvalue weighted by molar-refractivity contribution is 5.96. The smallest absolute Gasteiger partial charge is 0.475 e. The summed E-state index contributed by atoms with van der Waals surface area (Å²) in [5.74, 6) is -3.21. The minimum Gasteiger partial charge on any atom is -0.475 e. The number of carbonyl (C=O) groups is 2. The van der Waals surface area contributed by atoms with E-state index in [-0.39, 0.29) is 24.2 Å². The molecule has 1 aromatic carbocycles. The monoisotopic (exact) mass is 516 g/mol. The minimum atomic E-state index is -5.08. The fourth-order valence-corrected chi connectivity index (χ4v) is 3.05. The van der Waals surface area contributed by atoms with Crippen molar-refractivity contribution < 1.29 is 60.1 Å². The molecule has 0 fully saturated rings. The van der Waals surface area contributed by atoms with Crippen LogP contribution in [0.2, 0.25) is 0 Å². The van der Waals surface area contributed by atoms with Gasteiger partial charge in [0.05, 0.1) is 12.1 Å². The number of fused-ring (bicyclic) bond motifs is 1. The van der Waals surface area contributed by atoms with Gasteiger partial charge in [0.25, 0.3) is 5.09 Å². The minimum absolute atomic E-state index is 0.103. The molecule has 0 aliphatic carbocycles. The van der Waals surface area contributed by atoms with Gasteiger partial charge in [-0.05, 0) is 30.7 Å². The fraction of sp³-hybridized carbons (Fsp3) is 0.474. The number of aryl methyl sites for hydroxylation is 1. The summed E-state index contributed by atoms with van der Waals surface area (Å²) >= 11 is 0. The number of rotatable bonds is 9. The summed E-state index contributed by atoms with van der Waals surface area (Å²) in [6.45, 7) is 0.623. The van der Waals surface area contributed by atoms with Gasteiger partial charge < -0.3 is 23.9 Å². The molecule has 0 aromatic heterocycles. The average molecular weight is 516 g/mol. The van der Waals surface area contributed by atoms with Crippen LogP contribution in [-0.2, 0) is 19.2 Å². The SMILES string of the molecule is CC(=O)N(CCOC(=O)C1=Cc2cc(OC(F)(F)F)cc(C)c2O[C@@H]1C(F)(F)F)CCO[N+](=O)[O-]. The van der Waals surface area contributed by atoms with Gasteiger partial charge in [-0.1, -0.05) is 0 Å². The number of ether oxygens (including phenoxy) is 3. The molecule has 0 N–H and O–H groups in total. The van der Waals surface area contributed by atoms with E-state index in [9.17, 15) is 46.0 Å². The van der Waals surface area contributed by atoms with E-state index in [4.69, 9.17) is 9.47 Å². The molecular formula is C19H18F6N2O8. The Morgan fingerprint density at radius 2 is 1.77 bits per heavy atom. The molecule has 1 aliphatic heterocycles. The normalized spacial score (nSPS) is 15.3. The van der Waals surface area contributed by atoms with Gasteiger partial charge in [-0.2, -0.15) is 13.2 Å². The quantitative estimate of drug-likeness (QED) is 0.213. The lowest BCUT2D eigenvalue weighted by Gasteiger charge is -2.29. The zero-order valence-electron chi connectivity index (χ0n) is 18.1. The molecule has 0 saturated carbocycles. The Kier molecular flexibility index (Phi) is 8.41. The summed E-state index contributed by atoms with van der Waals surface area (Å²) in [7, 11) is 0. The van der Waals surface area contributed by atoms with Crippen LogP contribution in [0.15, 0.2) is 17.7 Å². The molecule has 0 bridgehead atoms. The average Bonchev–Trinajstić information content (AvgIpc) is 2.69. The van der Waals surface area contributed by atoms with Crippen LogP contribution in [0.3, 0.4) is 0 Å². The molecule has 35 heavy (non-hydrogen) atoms. The lowest BCUT2D eigenvalue weighted by molar-refractivity contribution is -0.757. The van der Waals surface area contributed by atoms with Gasteiger partial charge in [0.2, 0.25) is 12.0 Å². The van der Waals surface area contributed by atoms with Gasteiger partial charge in [0.15, 0.2) is 0 Å². The third-order valence-electron chi connectivity index (χ3n) is 4.47. The lowest BCUT2D eigenvalue weighted by Crippen LogP contribution is -2.41. The molecule has 0 radical (unpaired) electrons. The van der Waals surface area contributed by atoms with Crippen LogP contribution in [0.5, 0.6) is 11.5 Å². The number of esters is 1. The lowest BCUT2D eigenvalue weighted by atomic mass is 9.99. The summed E-state index contributed by atoms with van der Waals surface area (Å²) in [5.41, 5.74) is -1.42. The summed E-state index contributed by atoms with van der Waals surface area (Å²) < 4.78 is 91.9. The molecule has 0 spiro atoms. The maximum Gasteiger partial charge on any atom is 0.573 e. The number of hydrogen-bond acceptors (Lipinski definition) is 8. The van der Waals surface area contributed by atoms with Crippen LogP contribution in [0.1, 0.15) is 18.1 Å². The van der Waals surface area contributed by atoms with Crippen LogP contribution in [0, 0.1) is 17.0 Å². The Hall–Kier alpha value is -3.72. The van der Waals surface area contributed by atoms with E-state index in [1.54, 1.807) is 0 Å². The van der Waals surface area contributed by atoms with E-state index in [2.05, 4.69) is 9.57 Å². The highest BCUT2D eigenvalue weighted by atomic mass is 19.4. The van der Waals surface area contributed by atoms with Crippen LogP contribution in [0.4, 0.5) is 26.3 Å². The Labute approximate surface area is 193 Å². The molecule has 194 valence electrons. The number of alkyl halides is 6. The summed E-state index contributed by atoms with van der Waals surface area (Å²) in [6, 6.07) is 1.58. The molecule has 10 nitrogen and oxygen atoms in total. The number of hydrogen-bond donors (Lipinski definition) is 0. The first-order chi connectivity index (χ1) is 16.1. The first-order valence-electron chi connectivity index (χ1n) is 9.63. The number of nitrogens with zero attached hydrogens (tertiary/aromatic N) is 2. The molecule has 1 aromatic rings. The molecule has 0 saturated heterocycles. The Balaban J connectivity index is 2.22. The van der Waals surface area contributed by atoms with Crippen molar-refractivity contribution in [1.29, 1.82) is 0 Å². The van der Waals surface area contributed by atoms with Crippen LogP contribution in [-0.4, -0.2) is 66.8 Å². The van der Waals surface area contributed by atoms with E-state index in [1.165, 1.54) is 6.92 Å². The first kappa shape index (κ1) is 27.5. The van der Waals surface area contributed by atoms with Crippen LogP contribution < -0.4 is 9.47 Å². The molecule has 1 atom stereocenters. The van der Waals surface area contributed by atoms with Gasteiger partial charge in [0.1, 0.15) is 24.7 Å². The maximum atomic E-state index is 13.6. The molecule has 16 heteroatoms. The summed E-state index contributed by atoms with van der Waals surface area (Å²) in [6.07, 6.45) is -12.2. The van der Waals surface area contributed by atoms with Gasteiger partial charge in [0, 0.05) is 19.0 Å². The third kappa shape index (κ3) is 7.92. The largest absolute Gasteiger partial charge is 0.573 e. The third-order valence-corrected chi connectivity index (χ3v) is 4.47. The maximum absolute atomic E-state index is 13.6. The van der Waals surface area contributed by atoms with Gasteiger partial charge in [-0.3, -0.25) is 4.79 Å². The van der Waals surface area contributed by atoms with Crippen molar-refractivity contribution in [3.63, 3.8) is 0 Å². The first-order valence-corrected chi connectivity index (χ1v) is 9.63. The molecule has 1 heterocycles. The van der Waals surface area contributed by atoms with Crippen LogP contribution in [0.25, 0.3) is 6.08 Å². The van der Waals surface area contributed by atoms with Crippen LogP contribution >= 0.6 is 0 Å². The van der Waals surface area contributed by atoms with E-state index < -0.39 is 65.9 Å². The van der Waals surface area contributed by atoms with Crippen molar-refractivity contribution in [2.45, 2.75) is 32.5 Å². The standard InChI is InChI=1S/C19H18F6N2O8/c1-10-7-13(35-19(23,24)25)8-12-9-14(16(18(20,21)22)34-15(10)12)17(29)32-5-3-26(11(2)28)4-6-33-27(30)31/h7-9,16H,3-6H2,1-2H3/t16-/m0/s1. The highest BCUT2D eigenvalue weighted by Gasteiger charge is 2.49. The van der Waals surface area contributed by atoms with Crippen molar-refractivity contribution >= 4 is 18.0 Å². The van der Waals surface area contributed by atoms with Crippen molar-refractivity contribution in [2.24, 2.45) is 0 Å². The summed E-state index contributed by atoms with van der Waals surface area (Å²) in [4.78, 5) is 39.2. The second-order valence-corrected chi connectivity index (χ2v) is 7.04. The van der Waals surface area contributed by atoms with E-state index >= 15 is 0 Å². The van der Waals surface area contributed by atoms with Crippen molar-refractivity contribution in [1.82, 2.24) is 4.90 Å². The van der Waals surface area contributed by atoms with Crippen molar-refractivity contribution in [3.8, 4) is 11.5 Å². The zero-order chi connectivity index (χ0) is 26.6. The Morgan fingerprint density at radius 3 is 2.31 bits per heavy atom. The Bertz CT molecular complexity index is 1010. The van der Waals surface area contributed by atoms with E-state index in [1.807, 2.05) is 0 Å². The topological polar surface area (TPSA) is 117 Å². The second kappa shape index (κ2) is 10.7. The number of carbonyl (C=O) groups excluding carboxylic acids is 2. The molecule has 2 rings (SSSR count). The molecular weight excluding hydrogens is 498 g/mol. The van der Waals surface area contributed by atoms with Crippen molar-refractivity contribution in [2.75, 3.05) is 26.3 Å². The second-order valence-electron chi connectivity index (χ2n) is 7.04. The van der Waals surface area contributed by atoms with Gasteiger partial charge >= 0.3 is 18.5 Å². The Morgan fingerprint density at radius 1 is 1.14 bits per heavy atom. The highest BCUT2D eigenvalue weighted by Crippen LogP contribution is 2.41. The number of amides is 1. The van der Waals surface area contributed by atoms with E-state index in [0.717, 1.165) is 24.0 Å². The predicted molar refractivity (Wildman–Crippen MR) is 102 cm³/mol. The molecule has 1 amide bonds. The predicted octanol–water partition coefficient (Wildman–Crippen LogP) is 3.20.